The summed E-state index contributed by atoms with van der Waals surface area (Å²) in [7, 11) is 1.43. The zero-order valence-electron chi connectivity index (χ0n) is 9.21. The van der Waals surface area contributed by atoms with Gasteiger partial charge >= 0.3 is 0 Å². The molecule has 0 aliphatic heterocycles. The molecule has 0 aliphatic carbocycles. The first-order chi connectivity index (χ1) is 8.27. The Kier molecular flexibility index (Phi) is 3.35. The lowest BCUT2D eigenvalue weighted by molar-refractivity contribution is 0.131. The number of rotatable bonds is 3. The van der Waals surface area contributed by atoms with Gasteiger partial charge in [-0.25, -0.2) is 4.98 Å². The second kappa shape index (κ2) is 4.93. The van der Waals surface area contributed by atoms with Crippen molar-refractivity contribution in [1.29, 1.82) is 0 Å². The van der Waals surface area contributed by atoms with Crippen LogP contribution in [0.2, 0.25) is 0 Å². The average Bonchev–Trinajstić information content (AvgIpc) is 2.36. The van der Waals surface area contributed by atoms with Crippen molar-refractivity contribution < 1.29 is 4.84 Å². The highest BCUT2D eigenvalue weighted by atomic mass is 32.2. The van der Waals surface area contributed by atoms with Crippen LogP contribution >= 0.6 is 11.8 Å². The van der Waals surface area contributed by atoms with Crippen molar-refractivity contribution in [2.45, 2.75) is 5.16 Å². The van der Waals surface area contributed by atoms with E-state index < -0.39 is 0 Å². The quantitative estimate of drug-likeness (QED) is 0.463. The summed E-state index contributed by atoms with van der Waals surface area (Å²) in [6.07, 6.45) is 5.19. The van der Waals surface area contributed by atoms with E-state index in [1.807, 2.05) is 6.07 Å². The number of hydrogen-bond donors (Lipinski definition) is 0. The third kappa shape index (κ3) is 2.12. The van der Waals surface area contributed by atoms with Crippen LogP contribution in [0.1, 0.15) is 0 Å². The van der Waals surface area contributed by atoms with Gasteiger partial charge in [-0.3, -0.25) is 4.79 Å². The summed E-state index contributed by atoms with van der Waals surface area (Å²) in [6, 6.07) is 7.13. The van der Waals surface area contributed by atoms with E-state index in [1.165, 1.54) is 18.9 Å². The molecule has 0 amide bonds. The predicted molar refractivity (Wildman–Crippen MR) is 68.1 cm³/mol. The van der Waals surface area contributed by atoms with Crippen LogP contribution in [-0.4, -0.2) is 22.6 Å². The maximum absolute atomic E-state index is 12.1. The summed E-state index contributed by atoms with van der Waals surface area (Å²) in [5.74, 6) is 2.93. The molecule has 2 rings (SSSR count). The van der Waals surface area contributed by atoms with Gasteiger partial charge in [0.1, 0.15) is 7.11 Å². The van der Waals surface area contributed by atoms with Gasteiger partial charge in [0.05, 0.1) is 16.7 Å². The first-order valence-corrected chi connectivity index (χ1v) is 5.89. The zero-order valence-corrected chi connectivity index (χ0v) is 10.0. The molecule has 0 unspecified atom stereocenters. The van der Waals surface area contributed by atoms with Crippen molar-refractivity contribution in [1.82, 2.24) is 9.71 Å². The first-order valence-electron chi connectivity index (χ1n) is 4.90. The molecule has 0 radical (unpaired) electrons. The summed E-state index contributed by atoms with van der Waals surface area (Å²) in [6.45, 7) is 0. The van der Waals surface area contributed by atoms with E-state index in [4.69, 9.17) is 11.3 Å². The van der Waals surface area contributed by atoms with Gasteiger partial charge in [-0.1, -0.05) is 29.8 Å². The second-order valence-electron chi connectivity index (χ2n) is 3.19. The highest BCUT2D eigenvalue weighted by Gasteiger charge is 2.10. The van der Waals surface area contributed by atoms with E-state index in [9.17, 15) is 4.79 Å². The van der Waals surface area contributed by atoms with E-state index in [0.717, 1.165) is 4.73 Å². The minimum absolute atomic E-state index is 0.224. The normalized spacial score (nSPS) is 10.1. The fourth-order valence-electron chi connectivity index (χ4n) is 1.45. The maximum atomic E-state index is 12.1. The van der Waals surface area contributed by atoms with Crippen LogP contribution in [0.25, 0.3) is 10.9 Å². The molecule has 5 heteroatoms. The summed E-state index contributed by atoms with van der Waals surface area (Å²) < 4.78 is 1.16. The van der Waals surface area contributed by atoms with Gasteiger partial charge in [-0.2, -0.15) is 0 Å². The maximum Gasteiger partial charge on any atom is 0.295 e. The van der Waals surface area contributed by atoms with Gasteiger partial charge < -0.3 is 4.84 Å². The zero-order chi connectivity index (χ0) is 12.3. The Morgan fingerprint density at radius 3 is 3.00 bits per heavy atom. The third-order valence-electron chi connectivity index (χ3n) is 2.18. The van der Waals surface area contributed by atoms with Crippen molar-refractivity contribution in [2.24, 2.45) is 0 Å². The van der Waals surface area contributed by atoms with Crippen LogP contribution in [-0.2, 0) is 0 Å². The Balaban J connectivity index is 2.67. The molecule has 4 nitrogen and oxygen atoms in total. The van der Waals surface area contributed by atoms with Gasteiger partial charge in [-0.05, 0) is 12.1 Å². The topological polar surface area (TPSA) is 44.1 Å². The number of aromatic nitrogens is 2. The van der Waals surface area contributed by atoms with E-state index >= 15 is 0 Å². The lowest BCUT2D eigenvalue weighted by Crippen LogP contribution is -2.27. The molecule has 0 saturated heterocycles. The van der Waals surface area contributed by atoms with Crippen LogP contribution in [0.3, 0.4) is 0 Å². The Morgan fingerprint density at radius 1 is 1.53 bits per heavy atom. The summed E-state index contributed by atoms with van der Waals surface area (Å²) >= 11 is 1.29. The fraction of sp³-hybridized carbons (Fsp3) is 0.167. The van der Waals surface area contributed by atoms with E-state index in [2.05, 4.69) is 10.9 Å². The second-order valence-corrected chi connectivity index (χ2v) is 4.13. The molecule has 0 fully saturated rings. The Hall–Kier alpha value is -1.93. The largest absolute Gasteiger partial charge is 0.411 e. The lowest BCUT2D eigenvalue weighted by Gasteiger charge is -2.09. The van der Waals surface area contributed by atoms with E-state index in [0.29, 0.717) is 21.8 Å². The predicted octanol–water partition coefficient (Wildman–Crippen LogP) is 1.18. The molecule has 2 aromatic rings. The molecule has 1 aromatic heterocycles. The van der Waals surface area contributed by atoms with Crippen molar-refractivity contribution in [3.8, 4) is 12.3 Å². The molecule has 0 aliphatic rings. The number of para-hydroxylation sites is 1. The van der Waals surface area contributed by atoms with E-state index in [-0.39, 0.29) is 5.56 Å². The summed E-state index contributed by atoms with van der Waals surface area (Å²) in [5.41, 5.74) is 0.419. The third-order valence-corrected chi connectivity index (χ3v) is 3.00. The number of nitrogens with zero attached hydrogens (tertiary/aromatic N) is 2. The van der Waals surface area contributed by atoms with Crippen LogP contribution in [0.15, 0.2) is 34.2 Å². The molecule has 0 saturated carbocycles. The average molecular weight is 246 g/mol. The van der Waals surface area contributed by atoms with Crippen molar-refractivity contribution in [3.05, 3.63) is 34.6 Å². The summed E-state index contributed by atoms with van der Waals surface area (Å²) in [5, 5.41) is 0.994. The molecule has 0 N–H and O–H groups in total. The van der Waals surface area contributed by atoms with Gasteiger partial charge in [0.2, 0.25) is 5.16 Å². The summed E-state index contributed by atoms with van der Waals surface area (Å²) in [4.78, 5) is 21.5. The van der Waals surface area contributed by atoms with Gasteiger partial charge in [0.25, 0.3) is 5.56 Å². The monoisotopic (exact) mass is 246 g/mol. The molecule has 86 valence electrons. The van der Waals surface area contributed by atoms with Crippen LogP contribution in [0, 0.1) is 12.3 Å². The highest BCUT2D eigenvalue weighted by molar-refractivity contribution is 7.99. The van der Waals surface area contributed by atoms with Gasteiger partial charge in [0, 0.05) is 0 Å². The van der Waals surface area contributed by atoms with Gasteiger partial charge in [-0.15, -0.1) is 11.2 Å². The van der Waals surface area contributed by atoms with Crippen molar-refractivity contribution in [2.75, 3.05) is 12.9 Å². The van der Waals surface area contributed by atoms with Crippen LogP contribution < -0.4 is 10.4 Å². The van der Waals surface area contributed by atoms with E-state index in [1.54, 1.807) is 18.2 Å². The highest BCUT2D eigenvalue weighted by Crippen LogP contribution is 2.15. The van der Waals surface area contributed by atoms with Gasteiger partial charge in [0.15, 0.2) is 0 Å². The smallest absolute Gasteiger partial charge is 0.295 e. The molecule has 0 atom stereocenters. The Morgan fingerprint density at radius 2 is 2.29 bits per heavy atom. The number of thioether (sulfide) groups is 1. The SMILES string of the molecule is C#CCSc1nc2ccccc2c(=O)n1OC. The minimum atomic E-state index is -0.224. The first kappa shape index (κ1) is 11.6. The molecular weight excluding hydrogens is 236 g/mol. The lowest BCUT2D eigenvalue weighted by atomic mass is 10.2. The molecule has 0 bridgehead atoms. The van der Waals surface area contributed by atoms with Crippen LogP contribution in [0.5, 0.6) is 0 Å². The van der Waals surface area contributed by atoms with Crippen molar-refractivity contribution >= 4 is 22.7 Å². The van der Waals surface area contributed by atoms with Crippen LogP contribution in [0.4, 0.5) is 0 Å². The standard InChI is InChI=1S/C12H10N2O2S/c1-3-8-17-12-13-10-7-5-4-6-9(10)11(15)14(12)16-2/h1,4-7H,8H2,2H3. The molecule has 1 heterocycles. The fourth-order valence-corrected chi connectivity index (χ4v) is 2.10. The molecular formula is C12H10N2O2S. The Labute approximate surface area is 103 Å². The minimum Gasteiger partial charge on any atom is -0.411 e. The number of fused-ring (bicyclic) bond motifs is 1. The Bertz CT molecular complexity index is 643. The number of benzene rings is 1. The molecule has 17 heavy (non-hydrogen) atoms. The molecule has 1 aromatic carbocycles. The number of terminal acetylenes is 1. The molecule has 0 spiro atoms. The van der Waals surface area contributed by atoms with Crippen molar-refractivity contribution in [3.63, 3.8) is 0 Å². The number of hydrogen-bond acceptors (Lipinski definition) is 4.